The van der Waals surface area contributed by atoms with Gasteiger partial charge in [-0.2, -0.15) is 5.21 Å². The van der Waals surface area contributed by atoms with Gasteiger partial charge in [0.1, 0.15) is 0 Å². The Morgan fingerprint density at radius 2 is 1.97 bits per heavy atom. The molecular formula is C20H21ClN6O3. The molecule has 1 atom stereocenters. The minimum atomic E-state index is -0.704. The molecule has 0 radical (unpaired) electrons. The van der Waals surface area contributed by atoms with E-state index in [1.165, 1.54) is 0 Å². The number of anilines is 1. The molecule has 0 aliphatic heterocycles. The third kappa shape index (κ3) is 6.10. The largest absolute Gasteiger partial charge is 0.465 e. The Morgan fingerprint density at radius 1 is 1.17 bits per heavy atom. The number of carbonyl (C=O) groups is 2. The van der Waals surface area contributed by atoms with E-state index in [0.29, 0.717) is 11.4 Å². The standard InChI is InChI=1S/C20H21ClN6O3/c1-2-30-18(28)12-22-17(19(29)23-20-24-26-27-25-20)10-13-6-8-14(9-7-13)15-4-3-5-16(21)11-15/h3-9,11,17,22H,2,10,12H2,1H3,(H2,23,24,25,26,27,29)/t17-/m1/s1. The number of hydrogen-bond donors (Lipinski definition) is 3. The molecule has 1 aromatic heterocycles. The number of esters is 1. The monoisotopic (exact) mass is 428 g/mol. The summed E-state index contributed by atoms with van der Waals surface area (Å²) in [6, 6.07) is 14.6. The molecule has 0 bridgehead atoms. The number of H-pyrrole nitrogens is 1. The van der Waals surface area contributed by atoms with E-state index in [2.05, 4.69) is 31.3 Å². The number of aromatic nitrogens is 4. The summed E-state index contributed by atoms with van der Waals surface area (Å²) >= 11 is 6.06. The molecule has 0 aliphatic rings. The van der Waals surface area contributed by atoms with Gasteiger partial charge in [0.25, 0.3) is 5.95 Å². The van der Waals surface area contributed by atoms with Crippen LogP contribution >= 0.6 is 11.6 Å². The minimum absolute atomic E-state index is 0.0549. The van der Waals surface area contributed by atoms with Gasteiger partial charge in [-0.25, -0.2) is 0 Å². The summed E-state index contributed by atoms with van der Waals surface area (Å²) < 4.78 is 4.92. The number of nitrogens with zero attached hydrogens (tertiary/aromatic N) is 3. The van der Waals surface area contributed by atoms with E-state index in [1.54, 1.807) is 6.92 Å². The van der Waals surface area contributed by atoms with E-state index >= 15 is 0 Å². The number of rotatable bonds is 9. The normalized spacial score (nSPS) is 11.7. The first-order valence-electron chi connectivity index (χ1n) is 9.33. The highest BCUT2D eigenvalue weighted by molar-refractivity contribution is 6.30. The Hall–Kier alpha value is -3.30. The molecule has 9 nitrogen and oxygen atoms in total. The van der Waals surface area contributed by atoms with Gasteiger partial charge in [0, 0.05) is 5.02 Å². The number of hydrogen-bond acceptors (Lipinski definition) is 7. The van der Waals surface area contributed by atoms with E-state index in [1.807, 2.05) is 48.5 Å². The van der Waals surface area contributed by atoms with Crippen molar-refractivity contribution in [1.29, 1.82) is 0 Å². The maximum Gasteiger partial charge on any atom is 0.319 e. The lowest BCUT2D eigenvalue weighted by Gasteiger charge is -2.17. The number of aromatic amines is 1. The van der Waals surface area contributed by atoms with E-state index in [0.717, 1.165) is 16.7 Å². The van der Waals surface area contributed by atoms with Crippen LogP contribution in [0.1, 0.15) is 12.5 Å². The first-order chi connectivity index (χ1) is 14.5. The summed E-state index contributed by atoms with van der Waals surface area (Å²) in [5, 5.41) is 19.3. The topological polar surface area (TPSA) is 122 Å². The van der Waals surface area contributed by atoms with Gasteiger partial charge in [-0.1, -0.05) is 53.1 Å². The summed E-state index contributed by atoms with van der Waals surface area (Å²) in [5.74, 6) is -0.773. The molecular weight excluding hydrogens is 408 g/mol. The fraction of sp³-hybridized carbons (Fsp3) is 0.250. The molecule has 3 rings (SSSR count). The first kappa shape index (κ1) is 21.4. The number of tetrazole rings is 1. The molecule has 10 heteroatoms. The number of carbonyl (C=O) groups excluding carboxylic acids is 2. The van der Waals surface area contributed by atoms with Crippen molar-refractivity contribution in [1.82, 2.24) is 25.9 Å². The maximum absolute atomic E-state index is 12.6. The molecule has 3 aromatic rings. The lowest BCUT2D eigenvalue weighted by atomic mass is 10.0. The summed E-state index contributed by atoms with van der Waals surface area (Å²) in [6.45, 7) is 1.89. The Kier molecular flexibility index (Phi) is 7.47. The summed E-state index contributed by atoms with van der Waals surface area (Å²) in [5.41, 5.74) is 2.92. The Labute approximate surface area is 178 Å². The van der Waals surface area contributed by atoms with Gasteiger partial charge in [-0.3, -0.25) is 20.2 Å². The van der Waals surface area contributed by atoms with Crippen LogP contribution in [0.2, 0.25) is 5.02 Å². The molecule has 0 saturated heterocycles. The average Bonchev–Trinajstić information content (AvgIpc) is 3.24. The van der Waals surface area contributed by atoms with Gasteiger partial charge in [-0.15, -0.1) is 5.10 Å². The lowest BCUT2D eigenvalue weighted by Crippen LogP contribution is -2.44. The third-order valence-corrected chi connectivity index (χ3v) is 4.48. The van der Waals surface area contributed by atoms with Gasteiger partial charge in [0.2, 0.25) is 5.91 Å². The average molecular weight is 429 g/mol. The van der Waals surface area contributed by atoms with Crippen molar-refractivity contribution in [3.63, 3.8) is 0 Å². The molecule has 2 aromatic carbocycles. The van der Waals surface area contributed by atoms with Crippen LogP contribution in [-0.4, -0.2) is 51.7 Å². The van der Waals surface area contributed by atoms with Crippen LogP contribution in [-0.2, 0) is 20.7 Å². The van der Waals surface area contributed by atoms with Crippen molar-refractivity contribution in [3.05, 3.63) is 59.1 Å². The van der Waals surface area contributed by atoms with Crippen molar-refractivity contribution in [3.8, 4) is 11.1 Å². The van der Waals surface area contributed by atoms with Gasteiger partial charge in [-0.05, 0) is 47.4 Å². The first-order valence-corrected chi connectivity index (χ1v) is 9.71. The highest BCUT2D eigenvalue weighted by atomic mass is 35.5. The Bertz CT molecular complexity index is 978. The second-order valence-electron chi connectivity index (χ2n) is 6.37. The van der Waals surface area contributed by atoms with Crippen LogP contribution in [0.3, 0.4) is 0 Å². The van der Waals surface area contributed by atoms with Gasteiger partial charge < -0.3 is 4.74 Å². The van der Waals surface area contributed by atoms with Gasteiger partial charge in [0.15, 0.2) is 0 Å². The number of halogens is 1. The zero-order chi connectivity index (χ0) is 21.3. The van der Waals surface area contributed by atoms with Crippen LogP contribution in [0.25, 0.3) is 11.1 Å². The van der Waals surface area contributed by atoms with Crippen LogP contribution in [0.5, 0.6) is 0 Å². The zero-order valence-electron chi connectivity index (χ0n) is 16.3. The fourth-order valence-corrected chi connectivity index (χ4v) is 3.02. The quantitative estimate of drug-likeness (QED) is 0.446. The van der Waals surface area contributed by atoms with E-state index in [4.69, 9.17) is 16.3 Å². The van der Waals surface area contributed by atoms with Crippen molar-refractivity contribution in [2.45, 2.75) is 19.4 Å². The van der Waals surface area contributed by atoms with Crippen LogP contribution < -0.4 is 10.6 Å². The van der Waals surface area contributed by atoms with Crippen LogP contribution in [0.4, 0.5) is 5.95 Å². The third-order valence-electron chi connectivity index (χ3n) is 4.25. The van der Waals surface area contributed by atoms with Crippen molar-refractivity contribution >= 4 is 29.4 Å². The fourth-order valence-electron chi connectivity index (χ4n) is 2.83. The molecule has 30 heavy (non-hydrogen) atoms. The Morgan fingerprint density at radius 3 is 2.63 bits per heavy atom. The Balaban J connectivity index is 1.70. The second kappa shape index (κ2) is 10.5. The second-order valence-corrected chi connectivity index (χ2v) is 6.81. The highest BCUT2D eigenvalue weighted by Gasteiger charge is 2.21. The molecule has 0 unspecified atom stereocenters. The minimum Gasteiger partial charge on any atom is -0.465 e. The zero-order valence-corrected chi connectivity index (χ0v) is 17.0. The van der Waals surface area contributed by atoms with Crippen molar-refractivity contribution < 1.29 is 14.3 Å². The number of amides is 1. The van der Waals surface area contributed by atoms with Crippen LogP contribution in [0, 0.1) is 0 Å². The molecule has 1 heterocycles. The van der Waals surface area contributed by atoms with Crippen LogP contribution in [0.15, 0.2) is 48.5 Å². The van der Waals surface area contributed by atoms with Gasteiger partial charge in [0.05, 0.1) is 19.2 Å². The molecule has 156 valence electrons. The smallest absolute Gasteiger partial charge is 0.319 e. The van der Waals surface area contributed by atoms with E-state index in [-0.39, 0.29) is 25.0 Å². The van der Waals surface area contributed by atoms with Crippen molar-refractivity contribution in [2.75, 3.05) is 18.5 Å². The molecule has 0 aliphatic carbocycles. The van der Waals surface area contributed by atoms with Gasteiger partial charge >= 0.3 is 5.97 Å². The molecule has 0 spiro atoms. The highest BCUT2D eigenvalue weighted by Crippen LogP contribution is 2.23. The van der Waals surface area contributed by atoms with Crippen molar-refractivity contribution in [2.24, 2.45) is 0 Å². The lowest BCUT2D eigenvalue weighted by molar-refractivity contribution is -0.142. The summed E-state index contributed by atoms with van der Waals surface area (Å²) in [4.78, 5) is 24.4. The maximum atomic E-state index is 12.6. The van der Waals surface area contributed by atoms with E-state index < -0.39 is 12.0 Å². The molecule has 0 saturated carbocycles. The molecule has 0 fully saturated rings. The summed E-state index contributed by atoms with van der Waals surface area (Å²) in [6.07, 6.45) is 0.346. The molecule has 3 N–H and O–H groups in total. The SMILES string of the molecule is CCOC(=O)CN[C@H](Cc1ccc(-c2cccc(Cl)c2)cc1)C(=O)Nc1nn[nH]n1. The number of nitrogens with one attached hydrogen (secondary N) is 3. The summed E-state index contributed by atoms with van der Waals surface area (Å²) in [7, 11) is 0. The number of ether oxygens (including phenoxy) is 1. The molecule has 1 amide bonds. The van der Waals surface area contributed by atoms with E-state index in [9.17, 15) is 9.59 Å². The predicted octanol–water partition coefficient (Wildman–Crippen LogP) is 2.22. The predicted molar refractivity (Wildman–Crippen MR) is 112 cm³/mol. The number of benzene rings is 2.